The zero-order valence-corrected chi connectivity index (χ0v) is 10.5. The minimum Gasteiger partial charge on any atom is -0.329 e. The molecule has 3 nitrogen and oxygen atoms in total. The van der Waals surface area contributed by atoms with Crippen LogP contribution in [0.4, 0.5) is 13.2 Å². The van der Waals surface area contributed by atoms with Crippen molar-refractivity contribution >= 4 is 0 Å². The average molecular weight is 253 g/mol. The van der Waals surface area contributed by atoms with Crippen molar-refractivity contribution in [2.75, 3.05) is 39.3 Å². The predicted molar refractivity (Wildman–Crippen MR) is 61.7 cm³/mol. The van der Waals surface area contributed by atoms with E-state index in [0.717, 1.165) is 0 Å². The van der Waals surface area contributed by atoms with Crippen LogP contribution in [0.25, 0.3) is 0 Å². The molecule has 102 valence electrons. The van der Waals surface area contributed by atoms with Gasteiger partial charge in [0.05, 0.1) is 6.54 Å². The Labute approximate surface area is 101 Å². The second kappa shape index (κ2) is 6.02. The summed E-state index contributed by atoms with van der Waals surface area (Å²) < 4.78 is 36.6. The Balaban J connectivity index is 2.40. The van der Waals surface area contributed by atoms with Gasteiger partial charge in [-0.05, 0) is 5.92 Å². The highest BCUT2D eigenvalue weighted by atomic mass is 19.4. The van der Waals surface area contributed by atoms with Crippen molar-refractivity contribution < 1.29 is 13.2 Å². The molecule has 0 aromatic rings. The summed E-state index contributed by atoms with van der Waals surface area (Å²) in [6.45, 7) is 6.27. The van der Waals surface area contributed by atoms with E-state index in [1.807, 2.05) is 0 Å². The molecule has 0 radical (unpaired) electrons. The van der Waals surface area contributed by atoms with E-state index < -0.39 is 12.7 Å². The molecule has 0 aromatic heterocycles. The number of rotatable bonds is 4. The molecule has 1 rings (SSSR count). The molecule has 0 aliphatic carbocycles. The molecule has 1 saturated heterocycles. The normalized spacial score (nSPS) is 22.1. The van der Waals surface area contributed by atoms with Crippen LogP contribution in [0.5, 0.6) is 0 Å². The lowest BCUT2D eigenvalue weighted by atomic mass is 10.0. The lowest BCUT2D eigenvalue weighted by Gasteiger charge is -2.40. The molecule has 2 N–H and O–H groups in total. The lowest BCUT2D eigenvalue weighted by molar-refractivity contribution is -0.150. The van der Waals surface area contributed by atoms with E-state index in [4.69, 9.17) is 5.73 Å². The summed E-state index contributed by atoms with van der Waals surface area (Å²) >= 11 is 0. The number of alkyl halides is 3. The van der Waals surface area contributed by atoms with E-state index in [1.165, 1.54) is 4.90 Å². The third-order valence-electron chi connectivity index (χ3n) is 3.29. The number of nitrogens with two attached hydrogens (primary N) is 1. The van der Waals surface area contributed by atoms with Crippen LogP contribution < -0.4 is 5.73 Å². The zero-order valence-electron chi connectivity index (χ0n) is 10.5. The number of halogens is 3. The molecule has 1 heterocycles. The van der Waals surface area contributed by atoms with Crippen molar-refractivity contribution in [3.05, 3.63) is 0 Å². The van der Waals surface area contributed by atoms with E-state index in [2.05, 4.69) is 18.7 Å². The monoisotopic (exact) mass is 253 g/mol. The molecule has 0 spiro atoms. The molecule has 1 unspecified atom stereocenters. The summed E-state index contributed by atoms with van der Waals surface area (Å²) in [5, 5.41) is 0. The number of nitrogens with zero attached hydrogens (tertiary/aromatic N) is 2. The quantitative estimate of drug-likeness (QED) is 0.816. The molecule has 0 bridgehead atoms. The van der Waals surface area contributed by atoms with Crippen molar-refractivity contribution in [3.63, 3.8) is 0 Å². The maximum atomic E-state index is 12.2. The molecule has 1 atom stereocenters. The van der Waals surface area contributed by atoms with Crippen LogP contribution >= 0.6 is 0 Å². The maximum absolute atomic E-state index is 12.2. The van der Waals surface area contributed by atoms with Crippen molar-refractivity contribution in [3.8, 4) is 0 Å². The Morgan fingerprint density at radius 2 is 1.65 bits per heavy atom. The number of piperazine rings is 1. The first-order valence-corrected chi connectivity index (χ1v) is 6.06. The smallest absolute Gasteiger partial charge is 0.329 e. The fraction of sp³-hybridized carbons (Fsp3) is 1.00. The molecule has 1 fully saturated rings. The largest absolute Gasteiger partial charge is 0.401 e. The van der Waals surface area contributed by atoms with Crippen LogP contribution in [-0.4, -0.2) is 61.3 Å². The Bertz CT molecular complexity index is 222. The first-order valence-electron chi connectivity index (χ1n) is 6.06. The van der Waals surface area contributed by atoms with E-state index in [0.29, 0.717) is 38.6 Å². The highest BCUT2D eigenvalue weighted by molar-refractivity contribution is 4.81. The van der Waals surface area contributed by atoms with Gasteiger partial charge in [0, 0.05) is 38.8 Å². The van der Waals surface area contributed by atoms with E-state index >= 15 is 0 Å². The van der Waals surface area contributed by atoms with E-state index in [1.54, 1.807) is 0 Å². The van der Waals surface area contributed by atoms with Crippen LogP contribution in [0.3, 0.4) is 0 Å². The minimum atomic E-state index is -4.09. The van der Waals surface area contributed by atoms with Gasteiger partial charge in [0.1, 0.15) is 0 Å². The van der Waals surface area contributed by atoms with Crippen LogP contribution in [-0.2, 0) is 0 Å². The Morgan fingerprint density at radius 1 is 1.12 bits per heavy atom. The Kier molecular flexibility index (Phi) is 5.22. The van der Waals surface area contributed by atoms with Gasteiger partial charge in [-0.15, -0.1) is 0 Å². The predicted octanol–water partition coefficient (Wildman–Crippen LogP) is 1.15. The molecule has 0 aromatic carbocycles. The molecule has 6 heteroatoms. The summed E-state index contributed by atoms with van der Waals surface area (Å²) in [5.41, 5.74) is 5.71. The van der Waals surface area contributed by atoms with E-state index in [9.17, 15) is 13.2 Å². The van der Waals surface area contributed by atoms with Crippen molar-refractivity contribution in [2.24, 2.45) is 11.7 Å². The van der Waals surface area contributed by atoms with Crippen LogP contribution in [0.1, 0.15) is 13.8 Å². The maximum Gasteiger partial charge on any atom is 0.401 e. The van der Waals surface area contributed by atoms with Gasteiger partial charge in [0.2, 0.25) is 0 Å². The van der Waals surface area contributed by atoms with Crippen molar-refractivity contribution in [1.82, 2.24) is 9.80 Å². The van der Waals surface area contributed by atoms with Crippen molar-refractivity contribution in [1.29, 1.82) is 0 Å². The van der Waals surface area contributed by atoms with Gasteiger partial charge >= 0.3 is 6.18 Å². The highest BCUT2D eigenvalue weighted by Gasteiger charge is 2.33. The summed E-state index contributed by atoms with van der Waals surface area (Å²) in [6.07, 6.45) is -4.09. The van der Waals surface area contributed by atoms with Gasteiger partial charge in [0.15, 0.2) is 0 Å². The van der Waals surface area contributed by atoms with Crippen LogP contribution in [0, 0.1) is 5.92 Å². The second-order valence-electron chi connectivity index (χ2n) is 4.97. The first kappa shape index (κ1) is 14.7. The fourth-order valence-electron chi connectivity index (χ4n) is 2.35. The molecular weight excluding hydrogens is 231 g/mol. The standard InChI is InChI=1S/C11H22F3N3/c1-9(2)10(7-15)17-5-3-16(4-6-17)8-11(12,13)14/h9-10H,3-8,15H2,1-2H3. The molecule has 17 heavy (non-hydrogen) atoms. The molecule has 0 amide bonds. The third kappa shape index (κ3) is 4.81. The van der Waals surface area contributed by atoms with Crippen molar-refractivity contribution in [2.45, 2.75) is 26.1 Å². The molecular formula is C11H22F3N3. The fourth-order valence-corrected chi connectivity index (χ4v) is 2.35. The SMILES string of the molecule is CC(C)C(CN)N1CCN(CC(F)(F)F)CC1. The zero-order chi connectivity index (χ0) is 13.1. The summed E-state index contributed by atoms with van der Waals surface area (Å²) in [7, 11) is 0. The van der Waals surface area contributed by atoms with Gasteiger partial charge < -0.3 is 5.73 Å². The number of hydrogen-bond donors (Lipinski definition) is 1. The molecule has 1 aliphatic rings. The average Bonchev–Trinajstić information content (AvgIpc) is 2.18. The first-order chi connectivity index (χ1) is 7.83. The van der Waals surface area contributed by atoms with E-state index in [-0.39, 0.29) is 6.04 Å². The second-order valence-corrected chi connectivity index (χ2v) is 4.97. The van der Waals surface area contributed by atoms with Gasteiger partial charge in [0.25, 0.3) is 0 Å². The summed E-state index contributed by atoms with van der Waals surface area (Å²) in [6, 6.07) is 0.281. The van der Waals surface area contributed by atoms with Gasteiger partial charge in [-0.25, -0.2) is 0 Å². The van der Waals surface area contributed by atoms with Crippen LogP contribution in [0.2, 0.25) is 0 Å². The number of hydrogen-bond acceptors (Lipinski definition) is 3. The topological polar surface area (TPSA) is 32.5 Å². The minimum absolute atomic E-state index is 0.281. The lowest BCUT2D eigenvalue weighted by Crippen LogP contribution is -2.55. The molecule has 0 saturated carbocycles. The van der Waals surface area contributed by atoms with Crippen LogP contribution in [0.15, 0.2) is 0 Å². The van der Waals surface area contributed by atoms with Gasteiger partial charge in [-0.3, -0.25) is 9.80 Å². The molecule has 1 aliphatic heterocycles. The highest BCUT2D eigenvalue weighted by Crippen LogP contribution is 2.19. The van der Waals surface area contributed by atoms with Gasteiger partial charge in [-0.1, -0.05) is 13.8 Å². The summed E-state index contributed by atoms with van der Waals surface area (Å²) in [4.78, 5) is 3.67. The Hall–Kier alpha value is -0.330. The summed E-state index contributed by atoms with van der Waals surface area (Å²) in [5.74, 6) is 0.439. The van der Waals surface area contributed by atoms with Gasteiger partial charge in [-0.2, -0.15) is 13.2 Å². The Morgan fingerprint density at radius 3 is 2.00 bits per heavy atom. The third-order valence-corrected chi connectivity index (χ3v) is 3.29.